The first-order chi connectivity index (χ1) is 24.7. The van der Waals surface area contributed by atoms with Crippen LogP contribution in [0, 0.1) is 10.1 Å². The Morgan fingerprint density at radius 3 is 2.02 bits per heavy atom. The van der Waals surface area contributed by atoms with Crippen molar-refractivity contribution in [3.63, 3.8) is 0 Å². The Bertz CT molecular complexity index is 1900. The summed E-state index contributed by atoms with van der Waals surface area (Å²) < 4.78 is 11.6. The number of carbonyl (C=O) groups is 4. The Kier molecular flexibility index (Phi) is 13.1. The molecule has 272 valence electrons. The molecule has 2 aliphatic rings. The first-order valence-electron chi connectivity index (χ1n) is 16.2. The topological polar surface area (TPSA) is 186 Å². The van der Waals surface area contributed by atoms with Crippen LogP contribution in [0.1, 0.15) is 49.3 Å². The Balaban J connectivity index is 0.000000677. The van der Waals surface area contributed by atoms with Crippen LogP contribution in [-0.4, -0.2) is 64.1 Å². The lowest BCUT2D eigenvalue weighted by Crippen LogP contribution is -2.46. The van der Waals surface area contributed by atoms with E-state index in [0.717, 1.165) is 12.1 Å². The number of aliphatic carboxylic acids is 2. The molecule has 2 heterocycles. The predicted octanol–water partition coefficient (Wildman–Crippen LogP) is 6.10. The molecule has 3 N–H and O–H groups in total. The average Bonchev–Trinajstić information content (AvgIpc) is 3.12. The molecule has 1 fully saturated rings. The summed E-state index contributed by atoms with van der Waals surface area (Å²) in [5.41, 5.74) is 2.67. The van der Waals surface area contributed by atoms with Gasteiger partial charge in [0.1, 0.15) is 5.60 Å². The van der Waals surface area contributed by atoms with Crippen molar-refractivity contribution in [3.8, 4) is 0 Å². The minimum atomic E-state index is -1.26. The SMILES string of the molecule is COC(=O)C1=C(C)NC(C)=C(C(=O)OC2(c3ccc(Cl)cc3)CCN(Cc3ccccc3)CC2)C1c1cccc([N+](=O)[O-])c1.O=C(O)C=CC(=O)O. The van der Waals surface area contributed by atoms with Crippen LogP contribution in [0.2, 0.25) is 5.02 Å². The van der Waals surface area contributed by atoms with E-state index in [1.165, 1.54) is 30.9 Å². The predicted molar refractivity (Wildman–Crippen MR) is 191 cm³/mol. The third-order valence-corrected chi connectivity index (χ3v) is 8.99. The van der Waals surface area contributed by atoms with Gasteiger partial charge in [0.25, 0.3) is 5.69 Å². The van der Waals surface area contributed by atoms with Crippen LogP contribution in [0.25, 0.3) is 0 Å². The maximum absolute atomic E-state index is 14.4. The van der Waals surface area contributed by atoms with Gasteiger partial charge in [-0.2, -0.15) is 0 Å². The van der Waals surface area contributed by atoms with Crippen molar-refractivity contribution >= 4 is 41.2 Å². The van der Waals surface area contributed by atoms with Crippen molar-refractivity contribution in [3.05, 3.63) is 145 Å². The first-order valence-corrected chi connectivity index (χ1v) is 16.5. The number of likely N-dealkylation sites (tertiary alicyclic amines) is 1. The number of hydrogen-bond donors (Lipinski definition) is 3. The number of carboxylic acids is 2. The van der Waals surface area contributed by atoms with Crippen molar-refractivity contribution in [1.29, 1.82) is 0 Å². The van der Waals surface area contributed by atoms with Crippen LogP contribution < -0.4 is 5.32 Å². The van der Waals surface area contributed by atoms with Gasteiger partial charge in [-0.15, -0.1) is 0 Å². The lowest BCUT2D eigenvalue weighted by Gasteiger charge is -2.42. The number of hydrogen-bond acceptors (Lipinski definition) is 10. The average molecular weight is 732 g/mol. The highest BCUT2D eigenvalue weighted by Gasteiger charge is 2.44. The van der Waals surface area contributed by atoms with Gasteiger partial charge in [0.15, 0.2) is 0 Å². The van der Waals surface area contributed by atoms with E-state index in [0.29, 0.717) is 60.1 Å². The molecule has 5 rings (SSSR count). The number of carbonyl (C=O) groups excluding carboxylic acids is 2. The van der Waals surface area contributed by atoms with Crippen molar-refractivity contribution in [1.82, 2.24) is 10.2 Å². The molecule has 3 aromatic carbocycles. The molecule has 0 aliphatic carbocycles. The highest BCUT2D eigenvalue weighted by Crippen LogP contribution is 2.44. The number of nitrogens with zero attached hydrogens (tertiary/aromatic N) is 2. The van der Waals surface area contributed by atoms with Crippen molar-refractivity contribution in [2.45, 2.75) is 44.8 Å². The summed E-state index contributed by atoms with van der Waals surface area (Å²) in [5.74, 6) is -4.73. The highest BCUT2D eigenvalue weighted by atomic mass is 35.5. The summed E-state index contributed by atoms with van der Waals surface area (Å²) in [4.78, 5) is 60.1. The second kappa shape index (κ2) is 17.4. The lowest BCUT2D eigenvalue weighted by atomic mass is 9.79. The quantitative estimate of drug-likeness (QED) is 0.0943. The van der Waals surface area contributed by atoms with Crippen LogP contribution in [0.4, 0.5) is 5.69 Å². The number of rotatable bonds is 10. The van der Waals surface area contributed by atoms with Gasteiger partial charge >= 0.3 is 23.9 Å². The molecular weight excluding hydrogens is 694 g/mol. The second-order valence-corrected chi connectivity index (χ2v) is 12.6. The summed E-state index contributed by atoms with van der Waals surface area (Å²) in [7, 11) is 1.26. The number of esters is 2. The Morgan fingerprint density at radius 2 is 1.48 bits per heavy atom. The maximum Gasteiger partial charge on any atom is 0.337 e. The summed E-state index contributed by atoms with van der Waals surface area (Å²) in [6.45, 7) is 5.58. The summed E-state index contributed by atoms with van der Waals surface area (Å²) in [5, 5.41) is 31.0. The van der Waals surface area contributed by atoms with Crippen LogP contribution in [0.3, 0.4) is 0 Å². The lowest BCUT2D eigenvalue weighted by molar-refractivity contribution is -0.384. The van der Waals surface area contributed by atoms with E-state index < -0.39 is 40.3 Å². The zero-order valence-corrected chi connectivity index (χ0v) is 29.5. The number of piperidine rings is 1. The monoisotopic (exact) mass is 731 g/mol. The molecular formula is C38H38ClN3O10. The smallest absolute Gasteiger partial charge is 0.337 e. The largest absolute Gasteiger partial charge is 0.478 e. The number of benzene rings is 3. The maximum atomic E-state index is 14.4. The fraction of sp³-hybridized carbons (Fsp3) is 0.263. The molecule has 2 aliphatic heterocycles. The van der Waals surface area contributed by atoms with Crippen LogP contribution in [-0.2, 0) is 40.8 Å². The fourth-order valence-corrected chi connectivity index (χ4v) is 6.41. The van der Waals surface area contributed by atoms with Gasteiger partial charge in [0, 0.05) is 73.2 Å². The van der Waals surface area contributed by atoms with Crippen molar-refractivity contribution in [2.24, 2.45) is 0 Å². The Hall–Kier alpha value is -5.79. The Morgan fingerprint density at radius 1 is 0.904 bits per heavy atom. The van der Waals surface area contributed by atoms with E-state index in [9.17, 15) is 29.3 Å². The Labute approximate surface area is 304 Å². The van der Waals surface area contributed by atoms with E-state index in [1.807, 2.05) is 30.3 Å². The molecule has 1 atom stereocenters. The highest BCUT2D eigenvalue weighted by molar-refractivity contribution is 6.30. The molecule has 0 spiro atoms. The second-order valence-electron chi connectivity index (χ2n) is 12.1. The van der Waals surface area contributed by atoms with Crippen molar-refractivity contribution in [2.75, 3.05) is 20.2 Å². The number of dihydropyridines is 1. The zero-order valence-electron chi connectivity index (χ0n) is 28.7. The van der Waals surface area contributed by atoms with E-state index in [-0.39, 0.29) is 16.8 Å². The molecule has 0 amide bonds. The van der Waals surface area contributed by atoms with Gasteiger partial charge < -0.3 is 25.0 Å². The molecule has 1 unspecified atom stereocenters. The third-order valence-electron chi connectivity index (χ3n) is 8.74. The van der Waals surface area contributed by atoms with Gasteiger partial charge in [-0.25, -0.2) is 19.2 Å². The number of ether oxygens (including phenoxy) is 2. The van der Waals surface area contributed by atoms with Crippen LogP contribution in [0.5, 0.6) is 0 Å². The standard InChI is InChI=1S/C34H34ClN3O6.C4H4O4/c1-22-29(32(39)43-3)31(25-10-7-11-28(20-25)38(41)42)30(23(2)36-22)33(40)44-34(26-12-14-27(35)15-13-26)16-18-37(19-17-34)21-24-8-5-4-6-9-24;5-3(6)1-2-4(7)8/h4-15,20,31,36H,16-19,21H2,1-3H3;1-2H,(H,5,6)(H,7,8). The van der Waals surface area contributed by atoms with Gasteiger partial charge in [0.05, 0.1) is 29.1 Å². The van der Waals surface area contributed by atoms with Gasteiger partial charge in [-0.1, -0.05) is 66.2 Å². The molecule has 0 aromatic heterocycles. The molecule has 0 saturated carbocycles. The van der Waals surface area contributed by atoms with E-state index >= 15 is 0 Å². The number of halogens is 1. The van der Waals surface area contributed by atoms with E-state index in [4.69, 9.17) is 31.3 Å². The van der Waals surface area contributed by atoms with Crippen LogP contribution >= 0.6 is 11.6 Å². The number of nitro groups is 1. The molecule has 3 aromatic rings. The fourth-order valence-electron chi connectivity index (χ4n) is 6.29. The number of nitro benzene ring substituents is 1. The van der Waals surface area contributed by atoms with E-state index in [2.05, 4.69) is 22.3 Å². The summed E-state index contributed by atoms with van der Waals surface area (Å²) in [6.07, 6.45) is 2.19. The molecule has 1 saturated heterocycles. The van der Waals surface area contributed by atoms with E-state index in [1.54, 1.807) is 32.0 Å². The van der Waals surface area contributed by atoms with Crippen LogP contribution in [0.15, 0.2) is 114 Å². The molecule has 0 radical (unpaired) electrons. The van der Waals surface area contributed by atoms with Gasteiger partial charge in [-0.05, 0) is 42.7 Å². The van der Waals surface area contributed by atoms with Gasteiger partial charge in [0.2, 0.25) is 0 Å². The number of nitrogens with one attached hydrogen (secondary N) is 1. The van der Waals surface area contributed by atoms with Crippen molar-refractivity contribution < 1.29 is 43.8 Å². The number of methoxy groups -OCH3 is 1. The van der Waals surface area contributed by atoms with Gasteiger partial charge in [-0.3, -0.25) is 15.0 Å². The molecule has 13 nitrogen and oxygen atoms in total. The molecule has 14 heteroatoms. The summed E-state index contributed by atoms with van der Waals surface area (Å²) in [6, 6.07) is 23.5. The number of non-ortho nitro benzene ring substituents is 1. The third kappa shape index (κ3) is 9.71. The number of allylic oxidation sites excluding steroid dienone is 2. The summed E-state index contributed by atoms with van der Waals surface area (Å²) >= 11 is 6.22. The minimum Gasteiger partial charge on any atom is -0.478 e. The first kappa shape index (κ1) is 39.0. The molecule has 52 heavy (non-hydrogen) atoms. The normalized spacial score (nSPS) is 17.0. The minimum absolute atomic E-state index is 0.156. The molecule has 0 bridgehead atoms. The number of carboxylic acid groups (broad SMARTS) is 2. The zero-order chi connectivity index (χ0) is 38.0.